The lowest BCUT2D eigenvalue weighted by atomic mass is 10.2. The van der Waals surface area contributed by atoms with Crippen LogP contribution < -0.4 is 5.32 Å². The highest BCUT2D eigenvalue weighted by atomic mass is 16.9. The summed E-state index contributed by atoms with van der Waals surface area (Å²) in [6.45, 7) is 10.1. The van der Waals surface area contributed by atoms with Crippen LogP contribution in [0.15, 0.2) is 4.99 Å². The van der Waals surface area contributed by atoms with Crippen molar-refractivity contribution < 1.29 is 28.7 Å². The first-order valence-corrected chi connectivity index (χ1v) is 6.58. The number of carbonyl (C=O) groups is 2. The summed E-state index contributed by atoms with van der Waals surface area (Å²) in [5.41, 5.74) is -1.45. The average Bonchev–Trinajstić information content (AvgIpc) is 2.24. The molecule has 0 radical (unpaired) electrons. The fourth-order valence-corrected chi connectivity index (χ4v) is 1.13. The summed E-state index contributed by atoms with van der Waals surface area (Å²) in [7, 11) is 2.54. The summed E-state index contributed by atoms with van der Waals surface area (Å²) < 4.78 is 10.1. The fourth-order valence-electron chi connectivity index (χ4n) is 1.13. The number of hydrogen-bond donors (Lipinski definition) is 1. The molecule has 128 valence electrons. The normalized spacial score (nSPS) is 12.6. The lowest BCUT2D eigenvalue weighted by Crippen LogP contribution is -2.45. The van der Waals surface area contributed by atoms with Gasteiger partial charge in [-0.15, -0.1) is 4.99 Å². The number of rotatable bonds is 2. The van der Waals surface area contributed by atoms with Crippen LogP contribution in [-0.4, -0.2) is 48.8 Å². The summed E-state index contributed by atoms with van der Waals surface area (Å²) in [6.07, 6.45) is -1.74. The summed E-state index contributed by atoms with van der Waals surface area (Å²) in [5, 5.41) is 2.99. The van der Waals surface area contributed by atoms with E-state index >= 15 is 0 Å². The van der Waals surface area contributed by atoms with Crippen molar-refractivity contribution in [3.8, 4) is 0 Å². The Morgan fingerprint density at radius 2 is 1.36 bits per heavy atom. The van der Waals surface area contributed by atoms with Crippen LogP contribution >= 0.6 is 0 Å². The Bertz CT molecular complexity index is 418. The maximum absolute atomic E-state index is 11.8. The monoisotopic (exact) mass is 319 g/mol. The van der Waals surface area contributed by atoms with Gasteiger partial charge in [-0.25, -0.2) is 19.3 Å². The van der Waals surface area contributed by atoms with E-state index in [0.717, 1.165) is 5.23 Å². The summed E-state index contributed by atoms with van der Waals surface area (Å²) in [5.74, 6) is -0.325. The Labute approximate surface area is 130 Å². The van der Waals surface area contributed by atoms with Crippen LogP contribution in [0.1, 0.15) is 41.5 Å². The molecule has 0 rings (SSSR count). The molecule has 0 aromatic rings. The second-order valence-electron chi connectivity index (χ2n) is 6.16. The molecular formula is C13H25N3O6. The summed E-state index contributed by atoms with van der Waals surface area (Å²) in [6, 6.07) is 0. The highest BCUT2D eigenvalue weighted by Gasteiger charge is 2.23. The largest absolute Gasteiger partial charge is 0.444 e. The van der Waals surface area contributed by atoms with Crippen LogP contribution in [0.4, 0.5) is 9.59 Å². The molecule has 0 spiro atoms. The van der Waals surface area contributed by atoms with Gasteiger partial charge in [-0.1, -0.05) is 5.23 Å². The number of hydroxylamine groups is 2. The lowest BCUT2D eigenvalue weighted by Gasteiger charge is -2.23. The van der Waals surface area contributed by atoms with E-state index in [2.05, 4.69) is 10.3 Å². The van der Waals surface area contributed by atoms with Crippen molar-refractivity contribution in [3.63, 3.8) is 0 Å². The van der Waals surface area contributed by atoms with Crippen LogP contribution in [0.5, 0.6) is 0 Å². The zero-order chi connectivity index (χ0) is 17.6. The smallest absolute Gasteiger partial charge is 0.437 e. The number of hydrogen-bond acceptors (Lipinski definition) is 6. The van der Waals surface area contributed by atoms with Crippen molar-refractivity contribution in [2.45, 2.75) is 52.7 Å². The van der Waals surface area contributed by atoms with Crippen molar-refractivity contribution in [3.05, 3.63) is 0 Å². The molecule has 1 N–H and O–H groups in total. The van der Waals surface area contributed by atoms with Crippen molar-refractivity contribution >= 4 is 18.1 Å². The number of ether oxygens (including phenoxy) is 2. The molecule has 0 aromatic heterocycles. The van der Waals surface area contributed by atoms with Gasteiger partial charge in [-0.3, -0.25) is 5.32 Å². The molecule has 0 heterocycles. The second kappa shape index (κ2) is 7.95. The first-order chi connectivity index (χ1) is 9.88. The Balaban J connectivity index is 5.13. The molecular weight excluding hydrogens is 294 g/mol. The van der Waals surface area contributed by atoms with Gasteiger partial charge in [0, 0.05) is 0 Å². The minimum Gasteiger partial charge on any atom is -0.444 e. The molecule has 0 saturated heterocycles. The lowest BCUT2D eigenvalue weighted by molar-refractivity contribution is -0.289. The standard InChI is InChI=1S/C13H25N3O6/c1-12(2,3)21-10(17)14-9(16(19-7)20-8)15-11(18)22-13(4,5)6/h1-8H3,(H,14,15,17,18). The van der Waals surface area contributed by atoms with E-state index in [9.17, 15) is 9.59 Å². The molecule has 0 aliphatic heterocycles. The van der Waals surface area contributed by atoms with Crippen molar-refractivity contribution in [1.82, 2.24) is 10.5 Å². The molecule has 0 fully saturated rings. The summed E-state index contributed by atoms with van der Waals surface area (Å²) >= 11 is 0. The number of alkyl carbamates (subject to hydrolysis) is 1. The minimum atomic E-state index is -0.919. The number of aliphatic imine (C=N–C) groups is 1. The van der Waals surface area contributed by atoms with Crippen LogP contribution in [-0.2, 0) is 19.1 Å². The van der Waals surface area contributed by atoms with Gasteiger partial charge in [0.15, 0.2) is 0 Å². The topological polar surface area (TPSA) is 98.7 Å². The second-order valence-corrected chi connectivity index (χ2v) is 6.16. The zero-order valence-electron chi connectivity index (χ0n) is 14.3. The molecule has 0 aliphatic rings. The van der Waals surface area contributed by atoms with E-state index in [1.54, 1.807) is 41.5 Å². The minimum absolute atomic E-state index is 0.325. The molecule has 9 nitrogen and oxygen atoms in total. The Morgan fingerprint density at radius 1 is 0.909 bits per heavy atom. The van der Waals surface area contributed by atoms with Gasteiger partial charge in [-0.05, 0) is 41.5 Å². The van der Waals surface area contributed by atoms with Gasteiger partial charge in [0.05, 0.1) is 14.2 Å². The molecule has 0 saturated carbocycles. The van der Waals surface area contributed by atoms with Crippen LogP contribution in [0.3, 0.4) is 0 Å². The maximum Gasteiger partial charge on any atom is 0.437 e. The molecule has 22 heavy (non-hydrogen) atoms. The number of nitrogens with zero attached hydrogens (tertiary/aromatic N) is 2. The molecule has 0 aromatic carbocycles. The van der Waals surface area contributed by atoms with Gasteiger partial charge in [0.2, 0.25) is 0 Å². The third kappa shape index (κ3) is 9.14. The van der Waals surface area contributed by atoms with E-state index in [4.69, 9.17) is 19.1 Å². The first-order valence-electron chi connectivity index (χ1n) is 6.58. The van der Waals surface area contributed by atoms with Crippen molar-refractivity contribution in [2.75, 3.05) is 14.2 Å². The van der Waals surface area contributed by atoms with Crippen LogP contribution in [0, 0.1) is 0 Å². The number of nitrogens with one attached hydrogen (secondary N) is 1. The summed E-state index contributed by atoms with van der Waals surface area (Å²) in [4.78, 5) is 36.7. The average molecular weight is 319 g/mol. The third-order valence-corrected chi connectivity index (χ3v) is 1.71. The molecule has 0 aliphatic carbocycles. The highest BCUT2D eigenvalue weighted by molar-refractivity contribution is 5.98. The van der Waals surface area contributed by atoms with Gasteiger partial charge >= 0.3 is 12.2 Å². The molecule has 0 atom stereocenters. The Morgan fingerprint density at radius 3 is 1.73 bits per heavy atom. The number of carbonyl (C=O) groups excluding carboxylic acids is 2. The SMILES string of the molecule is CON(OC)C(=NC(=O)OC(C)(C)C)NC(=O)OC(C)(C)C. The van der Waals surface area contributed by atoms with Crippen molar-refractivity contribution in [1.29, 1.82) is 0 Å². The highest BCUT2D eigenvalue weighted by Crippen LogP contribution is 2.09. The zero-order valence-corrected chi connectivity index (χ0v) is 14.3. The quantitative estimate of drug-likeness (QED) is 0.473. The molecule has 0 bridgehead atoms. The fraction of sp³-hybridized carbons (Fsp3) is 0.769. The van der Waals surface area contributed by atoms with Gasteiger partial charge in [0.25, 0.3) is 5.96 Å². The predicted molar refractivity (Wildman–Crippen MR) is 78.9 cm³/mol. The van der Waals surface area contributed by atoms with E-state index < -0.39 is 23.4 Å². The van der Waals surface area contributed by atoms with E-state index in [1.807, 2.05) is 0 Å². The van der Waals surface area contributed by atoms with E-state index in [1.165, 1.54) is 14.2 Å². The predicted octanol–water partition coefficient (Wildman–Crippen LogP) is 2.23. The van der Waals surface area contributed by atoms with Crippen LogP contribution in [0.2, 0.25) is 0 Å². The molecule has 0 unspecified atom stereocenters. The van der Waals surface area contributed by atoms with E-state index in [-0.39, 0.29) is 5.96 Å². The van der Waals surface area contributed by atoms with Gasteiger partial charge < -0.3 is 9.47 Å². The van der Waals surface area contributed by atoms with Crippen LogP contribution in [0.25, 0.3) is 0 Å². The Hall–Kier alpha value is -1.87. The van der Waals surface area contributed by atoms with Gasteiger partial charge in [-0.2, -0.15) is 0 Å². The molecule has 2 amide bonds. The van der Waals surface area contributed by atoms with Crippen molar-refractivity contribution in [2.24, 2.45) is 4.99 Å². The maximum atomic E-state index is 11.8. The number of amides is 2. The third-order valence-electron chi connectivity index (χ3n) is 1.71. The van der Waals surface area contributed by atoms with Gasteiger partial charge in [0.1, 0.15) is 11.2 Å². The number of guanidine groups is 1. The molecule has 9 heteroatoms. The Kier molecular flexibility index (Phi) is 7.27. The first kappa shape index (κ1) is 20.1. The van der Waals surface area contributed by atoms with E-state index in [0.29, 0.717) is 0 Å².